The molecule has 9 aromatic rings. The van der Waals surface area contributed by atoms with Gasteiger partial charge in [-0.25, -0.2) is 0 Å². The van der Waals surface area contributed by atoms with Crippen molar-refractivity contribution < 1.29 is 4.42 Å². The molecule has 0 N–H and O–H groups in total. The van der Waals surface area contributed by atoms with Crippen molar-refractivity contribution in [1.82, 2.24) is 0 Å². The Morgan fingerprint density at radius 1 is 0.521 bits per heavy atom. The van der Waals surface area contributed by atoms with Gasteiger partial charge in [0.1, 0.15) is 11.2 Å². The predicted molar refractivity (Wildman–Crippen MR) is 204 cm³/mol. The molecule has 0 bridgehead atoms. The van der Waals surface area contributed by atoms with Crippen molar-refractivity contribution in [1.29, 1.82) is 0 Å². The maximum Gasteiger partial charge on any atom is 0.143 e. The van der Waals surface area contributed by atoms with Gasteiger partial charge < -0.3 is 4.42 Å². The Labute approximate surface area is 280 Å². The van der Waals surface area contributed by atoms with E-state index in [0.29, 0.717) is 5.92 Å². The number of para-hydroxylation sites is 2. The van der Waals surface area contributed by atoms with Gasteiger partial charge in [-0.1, -0.05) is 137 Å². The first kappa shape index (κ1) is 27.7. The highest BCUT2D eigenvalue weighted by atomic mass is 16.3. The van der Waals surface area contributed by atoms with E-state index in [0.717, 1.165) is 23.2 Å². The molecular formula is C47H36O. The maximum atomic E-state index is 6.43. The van der Waals surface area contributed by atoms with Crippen molar-refractivity contribution in [2.75, 3.05) is 0 Å². The minimum atomic E-state index is -0.144. The second-order valence-corrected chi connectivity index (χ2v) is 14.8. The van der Waals surface area contributed by atoms with Crippen LogP contribution >= 0.6 is 0 Å². The minimum absolute atomic E-state index is 0.144. The number of fused-ring (bicyclic) bond motifs is 6. The van der Waals surface area contributed by atoms with Crippen LogP contribution in [0, 0.1) is 5.92 Å². The second-order valence-electron chi connectivity index (χ2n) is 14.8. The molecule has 0 atom stereocenters. The highest BCUT2D eigenvalue weighted by Crippen LogP contribution is 2.52. The van der Waals surface area contributed by atoms with E-state index in [1.54, 1.807) is 0 Å². The summed E-state index contributed by atoms with van der Waals surface area (Å²) < 4.78 is 6.43. The number of hydrogen-bond acceptors (Lipinski definition) is 1. The molecule has 1 aromatic heterocycles. The van der Waals surface area contributed by atoms with Gasteiger partial charge in [-0.15, -0.1) is 0 Å². The van der Waals surface area contributed by atoms with Crippen molar-refractivity contribution >= 4 is 54.3 Å². The van der Waals surface area contributed by atoms with Crippen LogP contribution in [0.3, 0.4) is 0 Å². The van der Waals surface area contributed by atoms with Crippen LogP contribution in [0.1, 0.15) is 44.4 Å². The summed E-state index contributed by atoms with van der Waals surface area (Å²) >= 11 is 0. The summed E-state index contributed by atoms with van der Waals surface area (Å²) in [6, 6.07) is 47.8. The third-order valence-electron chi connectivity index (χ3n) is 11.0. The molecule has 0 saturated heterocycles. The van der Waals surface area contributed by atoms with Crippen LogP contribution in [0.2, 0.25) is 0 Å². The summed E-state index contributed by atoms with van der Waals surface area (Å²) in [6.07, 6.45) is 1.10. The number of rotatable bonds is 4. The van der Waals surface area contributed by atoms with E-state index in [1.165, 1.54) is 87.6 Å². The summed E-state index contributed by atoms with van der Waals surface area (Å²) in [5.74, 6) is 0.637. The van der Waals surface area contributed by atoms with Crippen LogP contribution in [0.5, 0.6) is 0 Å². The molecule has 0 unspecified atom stereocenters. The largest absolute Gasteiger partial charge is 0.455 e. The lowest BCUT2D eigenvalue weighted by Crippen LogP contribution is -2.15. The van der Waals surface area contributed by atoms with Crippen LogP contribution < -0.4 is 0 Å². The standard InChI is InChI=1S/C47H36O/c1-27(2)22-28-23-32-13-12-29-14-18-34(39-21-17-33(24-28)44(32)45(29)39)30-15-19-36-37-20-16-31(26-42(37)47(3,4)41(36)25-30)35-9-7-10-40-38-8-5-6-11-43(38)48-46(35)40/h5-21,23-27H,22H2,1-4H3. The molecule has 1 aliphatic carbocycles. The van der Waals surface area contributed by atoms with Crippen molar-refractivity contribution in [2.45, 2.75) is 39.5 Å². The molecule has 1 nitrogen and oxygen atoms in total. The molecule has 1 heteroatoms. The van der Waals surface area contributed by atoms with Gasteiger partial charge >= 0.3 is 0 Å². The van der Waals surface area contributed by atoms with Gasteiger partial charge in [0.05, 0.1) is 0 Å². The van der Waals surface area contributed by atoms with Gasteiger partial charge in [0, 0.05) is 21.8 Å². The molecule has 0 saturated carbocycles. The van der Waals surface area contributed by atoms with Gasteiger partial charge in [0.15, 0.2) is 0 Å². The first-order chi connectivity index (χ1) is 23.3. The quantitative estimate of drug-likeness (QED) is 0.179. The second kappa shape index (κ2) is 9.81. The SMILES string of the molecule is CC(C)Cc1cc2ccc3ccc(-c4ccc5c(c4)C(C)(C)c4cc(-c6cccc7c6oc6ccccc67)ccc4-5)c4ccc(c1)c2c34. The fourth-order valence-corrected chi connectivity index (χ4v) is 8.77. The molecule has 1 heterocycles. The highest BCUT2D eigenvalue weighted by Gasteiger charge is 2.36. The third kappa shape index (κ3) is 3.85. The zero-order valence-electron chi connectivity index (χ0n) is 27.8. The minimum Gasteiger partial charge on any atom is -0.455 e. The molecule has 0 radical (unpaired) electrons. The number of hydrogen-bond donors (Lipinski definition) is 0. The van der Waals surface area contributed by atoms with Crippen LogP contribution in [0.25, 0.3) is 87.6 Å². The van der Waals surface area contributed by atoms with Crippen LogP contribution in [0.4, 0.5) is 0 Å². The third-order valence-corrected chi connectivity index (χ3v) is 11.0. The molecule has 0 spiro atoms. The average molecular weight is 617 g/mol. The summed E-state index contributed by atoms with van der Waals surface area (Å²) in [5, 5.41) is 10.4. The molecule has 230 valence electrons. The fourth-order valence-electron chi connectivity index (χ4n) is 8.77. The Bertz CT molecular complexity index is 2730. The van der Waals surface area contributed by atoms with Gasteiger partial charge in [-0.05, 0) is 107 Å². The predicted octanol–water partition coefficient (Wildman–Crippen LogP) is 13.3. The summed E-state index contributed by atoms with van der Waals surface area (Å²) in [6.45, 7) is 9.36. The van der Waals surface area contributed by atoms with Crippen molar-refractivity contribution in [2.24, 2.45) is 5.92 Å². The zero-order chi connectivity index (χ0) is 32.3. The average Bonchev–Trinajstić information content (AvgIpc) is 3.58. The molecule has 10 rings (SSSR count). The van der Waals surface area contributed by atoms with Crippen LogP contribution in [-0.4, -0.2) is 0 Å². The van der Waals surface area contributed by atoms with Gasteiger partial charge in [0.25, 0.3) is 0 Å². The Morgan fingerprint density at radius 3 is 1.90 bits per heavy atom. The first-order valence-electron chi connectivity index (χ1n) is 17.3. The summed E-state index contributed by atoms with van der Waals surface area (Å²) in [7, 11) is 0. The summed E-state index contributed by atoms with van der Waals surface area (Å²) in [5.41, 5.74) is 13.5. The molecule has 8 aromatic carbocycles. The van der Waals surface area contributed by atoms with Gasteiger partial charge in [-0.2, -0.15) is 0 Å². The maximum absolute atomic E-state index is 6.43. The normalized spacial score (nSPS) is 13.9. The Hall–Kier alpha value is -5.40. The first-order valence-corrected chi connectivity index (χ1v) is 17.3. The topological polar surface area (TPSA) is 13.1 Å². The molecular weight excluding hydrogens is 581 g/mol. The fraction of sp³-hybridized carbons (Fsp3) is 0.149. The van der Waals surface area contributed by atoms with Gasteiger partial charge in [-0.3, -0.25) is 0 Å². The molecule has 0 fully saturated rings. The Kier molecular flexibility index (Phi) is 5.66. The number of furan rings is 1. The lowest BCUT2D eigenvalue weighted by Gasteiger charge is -2.23. The van der Waals surface area contributed by atoms with E-state index >= 15 is 0 Å². The molecule has 48 heavy (non-hydrogen) atoms. The smallest absolute Gasteiger partial charge is 0.143 e. The van der Waals surface area contributed by atoms with E-state index in [2.05, 4.69) is 149 Å². The van der Waals surface area contributed by atoms with Crippen molar-refractivity contribution in [3.63, 3.8) is 0 Å². The lowest BCUT2D eigenvalue weighted by molar-refractivity contribution is 0.648. The Morgan fingerprint density at radius 2 is 1.15 bits per heavy atom. The van der Waals surface area contributed by atoms with E-state index in [9.17, 15) is 0 Å². The van der Waals surface area contributed by atoms with E-state index in [4.69, 9.17) is 4.42 Å². The number of benzene rings is 8. The van der Waals surface area contributed by atoms with E-state index in [1.807, 2.05) is 6.07 Å². The monoisotopic (exact) mass is 616 g/mol. The lowest BCUT2D eigenvalue weighted by atomic mass is 9.80. The van der Waals surface area contributed by atoms with Crippen LogP contribution in [-0.2, 0) is 11.8 Å². The highest BCUT2D eigenvalue weighted by molar-refractivity contribution is 6.25. The van der Waals surface area contributed by atoms with Crippen LogP contribution in [0.15, 0.2) is 132 Å². The van der Waals surface area contributed by atoms with Crippen molar-refractivity contribution in [3.8, 4) is 33.4 Å². The molecule has 0 aliphatic heterocycles. The molecule has 1 aliphatic rings. The van der Waals surface area contributed by atoms with Crippen molar-refractivity contribution in [3.05, 3.63) is 144 Å². The zero-order valence-corrected chi connectivity index (χ0v) is 27.8. The van der Waals surface area contributed by atoms with E-state index < -0.39 is 0 Å². The van der Waals surface area contributed by atoms with E-state index in [-0.39, 0.29) is 5.41 Å². The molecule has 0 amide bonds. The summed E-state index contributed by atoms with van der Waals surface area (Å²) in [4.78, 5) is 0. The van der Waals surface area contributed by atoms with Gasteiger partial charge in [0.2, 0.25) is 0 Å². The Balaban J connectivity index is 1.10.